The fraction of sp³-hybridized carbons (Fsp3) is 0.438. The third-order valence-corrected chi connectivity index (χ3v) is 5.33. The van der Waals surface area contributed by atoms with Crippen LogP contribution in [0.3, 0.4) is 0 Å². The van der Waals surface area contributed by atoms with Crippen LogP contribution in [0.2, 0.25) is 0 Å². The zero-order valence-electron chi connectivity index (χ0n) is 13.9. The summed E-state index contributed by atoms with van der Waals surface area (Å²) in [4.78, 5) is 4.43. The Hall–Kier alpha value is -1.86. The molecule has 0 aliphatic heterocycles. The molecule has 1 aromatic heterocycles. The number of nitrogens with zero attached hydrogens (tertiary/aromatic N) is 2. The van der Waals surface area contributed by atoms with E-state index < -0.39 is 10.0 Å². The van der Waals surface area contributed by atoms with Crippen LogP contribution in [0.25, 0.3) is 11.5 Å². The maximum absolute atomic E-state index is 11.8. The van der Waals surface area contributed by atoms with Crippen molar-refractivity contribution in [3.05, 3.63) is 35.7 Å². The van der Waals surface area contributed by atoms with E-state index in [1.165, 1.54) is 4.31 Å². The smallest absolute Gasteiger partial charge is 0.226 e. The number of aryl methyl sites for hydroxylation is 1. The number of oxazole rings is 1. The van der Waals surface area contributed by atoms with Crippen molar-refractivity contribution >= 4 is 10.0 Å². The van der Waals surface area contributed by atoms with Crippen LogP contribution in [-0.4, -0.2) is 37.1 Å². The second-order valence-corrected chi connectivity index (χ2v) is 7.50. The van der Waals surface area contributed by atoms with Gasteiger partial charge < -0.3 is 9.15 Å². The maximum Gasteiger partial charge on any atom is 0.226 e. The van der Waals surface area contributed by atoms with Crippen molar-refractivity contribution in [3.63, 3.8) is 0 Å². The first-order valence-electron chi connectivity index (χ1n) is 7.51. The molecule has 0 aliphatic rings. The van der Waals surface area contributed by atoms with Gasteiger partial charge in [0, 0.05) is 12.6 Å². The molecular formula is C16H22N2O4S. The molecule has 0 spiro atoms. The molecular weight excluding hydrogens is 316 g/mol. The first-order valence-corrected chi connectivity index (χ1v) is 9.11. The van der Waals surface area contributed by atoms with Gasteiger partial charge >= 0.3 is 0 Å². The van der Waals surface area contributed by atoms with E-state index in [0.29, 0.717) is 24.0 Å². The molecule has 1 heterocycles. The van der Waals surface area contributed by atoms with Crippen LogP contribution in [0.1, 0.15) is 25.3 Å². The lowest BCUT2D eigenvalue weighted by atomic mass is 10.2. The van der Waals surface area contributed by atoms with Gasteiger partial charge in [0.2, 0.25) is 15.9 Å². The van der Waals surface area contributed by atoms with E-state index in [4.69, 9.17) is 9.15 Å². The number of sulfonamides is 1. The molecule has 126 valence electrons. The third kappa shape index (κ3) is 4.11. The van der Waals surface area contributed by atoms with E-state index in [2.05, 4.69) is 4.98 Å². The lowest BCUT2D eigenvalue weighted by molar-refractivity contribution is 0.340. The minimum atomic E-state index is -3.25. The van der Waals surface area contributed by atoms with Crippen molar-refractivity contribution in [2.45, 2.75) is 27.3 Å². The number of aromatic nitrogens is 1. The SMILES string of the molecule is CCOc1ccc(-c2nc(CN(C)S(=O)(=O)CC)c(C)o2)cc1. The van der Waals surface area contributed by atoms with Crippen molar-refractivity contribution in [3.8, 4) is 17.2 Å². The van der Waals surface area contributed by atoms with Gasteiger partial charge in [-0.05, 0) is 45.0 Å². The summed E-state index contributed by atoms with van der Waals surface area (Å²) in [5.74, 6) is 1.94. The monoisotopic (exact) mass is 338 g/mol. The zero-order valence-corrected chi connectivity index (χ0v) is 14.7. The number of hydrogen-bond acceptors (Lipinski definition) is 5. The van der Waals surface area contributed by atoms with Crippen molar-refractivity contribution < 1.29 is 17.6 Å². The summed E-state index contributed by atoms with van der Waals surface area (Å²) in [7, 11) is -1.70. The van der Waals surface area contributed by atoms with Crippen molar-refractivity contribution in [2.75, 3.05) is 19.4 Å². The lowest BCUT2D eigenvalue weighted by Crippen LogP contribution is -2.28. The predicted octanol–water partition coefficient (Wildman–Crippen LogP) is 2.83. The van der Waals surface area contributed by atoms with Gasteiger partial charge in [-0.15, -0.1) is 0 Å². The molecule has 0 unspecified atom stereocenters. The average Bonchev–Trinajstić information content (AvgIpc) is 2.89. The molecule has 0 amide bonds. The highest BCUT2D eigenvalue weighted by atomic mass is 32.2. The molecule has 23 heavy (non-hydrogen) atoms. The molecule has 7 heteroatoms. The zero-order chi connectivity index (χ0) is 17.0. The Labute approximate surface area is 137 Å². The summed E-state index contributed by atoms with van der Waals surface area (Å²) < 4.78 is 36.1. The van der Waals surface area contributed by atoms with Crippen LogP contribution in [0.5, 0.6) is 5.75 Å². The minimum absolute atomic E-state index is 0.0617. The van der Waals surface area contributed by atoms with Gasteiger partial charge in [-0.1, -0.05) is 0 Å². The van der Waals surface area contributed by atoms with Gasteiger partial charge in [0.15, 0.2) is 0 Å². The van der Waals surface area contributed by atoms with E-state index in [9.17, 15) is 8.42 Å². The molecule has 0 radical (unpaired) electrons. The Morgan fingerprint density at radius 2 is 1.87 bits per heavy atom. The molecule has 0 N–H and O–H groups in total. The number of benzene rings is 1. The fourth-order valence-corrected chi connectivity index (χ4v) is 2.85. The van der Waals surface area contributed by atoms with Gasteiger partial charge in [-0.2, -0.15) is 4.31 Å². The summed E-state index contributed by atoms with van der Waals surface area (Å²) in [6.07, 6.45) is 0. The quantitative estimate of drug-likeness (QED) is 0.776. The van der Waals surface area contributed by atoms with Crippen LogP contribution >= 0.6 is 0 Å². The van der Waals surface area contributed by atoms with E-state index >= 15 is 0 Å². The second-order valence-electron chi connectivity index (χ2n) is 5.14. The molecule has 0 bridgehead atoms. The van der Waals surface area contributed by atoms with Crippen molar-refractivity contribution in [2.24, 2.45) is 0 Å². The van der Waals surface area contributed by atoms with Crippen LogP contribution in [0, 0.1) is 6.92 Å². The first kappa shape index (κ1) is 17.5. The summed E-state index contributed by atoms with van der Waals surface area (Å²) in [6, 6.07) is 7.44. The van der Waals surface area contributed by atoms with Gasteiger partial charge in [-0.25, -0.2) is 13.4 Å². The van der Waals surface area contributed by atoms with Crippen LogP contribution in [0.4, 0.5) is 0 Å². The summed E-state index contributed by atoms with van der Waals surface area (Å²) >= 11 is 0. The number of ether oxygens (including phenoxy) is 1. The summed E-state index contributed by atoms with van der Waals surface area (Å²) in [5, 5.41) is 0. The van der Waals surface area contributed by atoms with E-state index in [1.54, 1.807) is 20.9 Å². The Morgan fingerprint density at radius 3 is 2.43 bits per heavy atom. The molecule has 0 saturated carbocycles. The lowest BCUT2D eigenvalue weighted by Gasteiger charge is -2.14. The van der Waals surface area contributed by atoms with Gasteiger partial charge in [-0.3, -0.25) is 0 Å². The highest BCUT2D eigenvalue weighted by molar-refractivity contribution is 7.89. The molecule has 0 saturated heterocycles. The van der Waals surface area contributed by atoms with Gasteiger partial charge in [0.25, 0.3) is 0 Å². The molecule has 1 aromatic carbocycles. The Balaban J connectivity index is 2.20. The number of hydrogen-bond donors (Lipinski definition) is 0. The first-order chi connectivity index (χ1) is 10.9. The van der Waals surface area contributed by atoms with E-state index in [0.717, 1.165) is 11.3 Å². The van der Waals surface area contributed by atoms with E-state index in [-0.39, 0.29) is 12.3 Å². The van der Waals surface area contributed by atoms with Gasteiger partial charge in [0.05, 0.1) is 24.6 Å². The van der Waals surface area contributed by atoms with Crippen LogP contribution < -0.4 is 4.74 Å². The molecule has 2 rings (SSSR count). The molecule has 0 fully saturated rings. The highest BCUT2D eigenvalue weighted by Gasteiger charge is 2.19. The normalized spacial score (nSPS) is 11.9. The van der Waals surface area contributed by atoms with Crippen LogP contribution in [-0.2, 0) is 16.6 Å². The van der Waals surface area contributed by atoms with E-state index in [1.807, 2.05) is 31.2 Å². The largest absolute Gasteiger partial charge is 0.494 e. The van der Waals surface area contributed by atoms with Crippen molar-refractivity contribution in [1.29, 1.82) is 0 Å². The summed E-state index contributed by atoms with van der Waals surface area (Å²) in [6.45, 7) is 6.14. The number of rotatable bonds is 7. The highest BCUT2D eigenvalue weighted by Crippen LogP contribution is 2.25. The predicted molar refractivity (Wildman–Crippen MR) is 88.8 cm³/mol. The average molecular weight is 338 g/mol. The minimum Gasteiger partial charge on any atom is -0.494 e. The standard InChI is InChI=1S/C16H22N2O4S/c1-5-21-14-9-7-13(8-10-14)16-17-15(12(3)22-16)11-18(4)23(19,20)6-2/h7-10H,5-6,11H2,1-4H3. The Morgan fingerprint density at radius 1 is 1.22 bits per heavy atom. The van der Waals surface area contributed by atoms with Crippen molar-refractivity contribution in [1.82, 2.24) is 9.29 Å². The fourth-order valence-electron chi connectivity index (χ4n) is 2.09. The molecule has 6 nitrogen and oxygen atoms in total. The second kappa shape index (κ2) is 7.14. The molecule has 0 atom stereocenters. The Kier molecular flexibility index (Phi) is 5.43. The van der Waals surface area contributed by atoms with Gasteiger partial charge in [0.1, 0.15) is 11.5 Å². The topological polar surface area (TPSA) is 72.6 Å². The molecule has 2 aromatic rings. The third-order valence-electron chi connectivity index (χ3n) is 3.52. The van der Waals surface area contributed by atoms with Crippen LogP contribution in [0.15, 0.2) is 28.7 Å². The maximum atomic E-state index is 11.8. The molecule has 0 aliphatic carbocycles. The Bertz CT molecular complexity index is 751. The summed E-state index contributed by atoms with van der Waals surface area (Å²) in [5.41, 5.74) is 1.44.